The third kappa shape index (κ3) is 3.75. The number of rotatable bonds is 5. The van der Waals surface area contributed by atoms with Crippen LogP contribution in [0.25, 0.3) is 0 Å². The SMILES string of the molecule is N#CCCN(CC1CCCNC1)c1ccccc1. The normalized spacial score (nSPS) is 19.2. The summed E-state index contributed by atoms with van der Waals surface area (Å²) in [5, 5.41) is 12.2. The maximum Gasteiger partial charge on any atom is 0.0640 e. The highest BCUT2D eigenvalue weighted by molar-refractivity contribution is 5.46. The highest BCUT2D eigenvalue weighted by atomic mass is 15.1. The summed E-state index contributed by atoms with van der Waals surface area (Å²) in [4.78, 5) is 2.35. The zero-order valence-corrected chi connectivity index (χ0v) is 10.8. The molecule has 3 nitrogen and oxygen atoms in total. The maximum absolute atomic E-state index is 8.78. The zero-order chi connectivity index (χ0) is 12.6. The summed E-state index contributed by atoms with van der Waals surface area (Å²) < 4.78 is 0. The topological polar surface area (TPSA) is 39.1 Å². The van der Waals surface area contributed by atoms with Crippen LogP contribution in [0.2, 0.25) is 0 Å². The van der Waals surface area contributed by atoms with Crippen molar-refractivity contribution in [2.75, 3.05) is 31.1 Å². The van der Waals surface area contributed by atoms with Gasteiger partial charge < -0.3 is 10.2 Å². The molecule has 96 valence electrons. The van der Waals surface area contributed by atoms with Crippen molar-refractivity contribution in [2.24, 2.45) is 5.92 Å². The first-order chi connectivity index (χ1) is 8.90. The molecule has 1 aromatic carbocycles. The second-order valence-corrected chi connectivity index (χ2v) is 4.90. The highest BCUT2D eigenvalue weighted by Gasteiger charge is 2.17. The fourth-order valence-corrected chi connectivity index (χ4v) is 2.54. The van der Waals surface area contributed by atoms with Gasteiger partial charge in [0.25, 0.3) is 0 Å². The molecule has 18 heavy (non-hydrogen) atoms. The molecular weight excluding hydrogens is 222 g/mol. The van der Waals surface area contributed by atoms with Crippen LogP contribution in [0.5, 0.6) is 0 Å². The summed E-state index contributed by atoms with van der Waals surface area (Å²) in [6.45, 7) is 4.14. The molecule has 1 aliphatic heterocycles. The van der Waals surface area contributed by atoms with Crippen LogP contribution in [0.15, 0.2) is 30.3 Å². The van der Waals surface area contributed by atoms with E-state index in [-0.39, 0.29) is 0 Å². The van der Waals surface area contributed by atoms with Gasteiger partial charge in [-0.25, -0.2) is 0 Å². The Hall–Kier alpha value is -1.53. The standard InChI is InChI=1S/C15H21N3/c16-9-5-11-18(15-7-2-1-3-8-15)13-14-6-4-10-17-12-14/h1-3,7-8,14,17H,4-6,10-13H2. The molecule has 0 bridgehead atoms. The van der Waals surface area contributed by atoms with Gasteiger partial charge in [0.05, 0.1) is 12.5 Å². The maximum atomic E-state index is 8.78. The van der Waals surface area contributed by atoms with Gasteiger partial charge in [-0.3, -0.25) is 0 Å². The minimum absolute atomic E-state index is 0.592. The summed E-state index contributed by atoms with van der Waals surface area (Å²) in [7, 11) is 0. The molecule has 1 unspecified atom stereocenters. The Bertz CT molecular complexity index is 376. The summed E-state index contributed by atoms with van der Waals surface area (Å²) >= 11 is 0. The Kier molecular flexibility index (Phi) is 5.04. The molecule has 1 atom stereocenters. The van der Waals surface area contributed by atoms with E-state index in [9.17, 15) is 0 Å². The summed E-state index contributed by atoms with van der Waals surface area (Å²) in [5.41, 5.74) is 1.23. The molecule has 0 radical (unpaired) electrons. The largest absolute Gasteiger partial charge is 0.370 e. The van der Waals surface area contributed by atoms with E-state index in [1.54, 1.807) is 0 Å². The molecule has 0 saturated carbocycles. The lowest BCUT2D eigenvalue weighted by Gasteiger charge is -2.31. The van der Waals surface area contributed by atoms with E-state index < -0.39 is 0 Å². The second-order valence-electron chi connectivity index (χ2n) is 4.90. The van der Waals surface area contributed by atoms with Crippen LogP contribution in [0.3, 0.4) is 0 Å². The Labute approximate surface area is 109 Å². The molecule has 0 amide bonds. The van der Waals surface area contributed by atoms with E-state index in [0.717, 1.165) is 26.2 Å². The Morgan fingerprint density at radius 3 is 2.83 bits per heavy atom. The van der Waals surface area contributed by atoms with E-state index in [1.807, 2.05) is 6.07 Å². The lowest BCUT2D eigenvalue weighted by atomic mass is 9.98. The molecule has 1 N–H and O–H groups in total. The minimum Gasteiger partial charge on any atom is -0.370 e. The van der Waals surface area contributed by atoms with Gasteiger partial charge in [0.2, 0.25) is 0 Å². The number of hydrogen-bond donors (Lipinski definition) is 1. The average molecular weight is 243 g/mol. The summed E-state index contributed by atoms with van der Waals surface area (Å²) in [6, 6.07) is 12.7. The minimum atomic E-state index is 0.592. The predicted octanol–water partition coefficient (Wildman–Crippen LogP) is 2.41. The van der Waals surface area contributed by atoms with Crippen molar-refractivity contribution in [2.45, 2.75) is 19.3 Å². The van der Waals surface area contributed by atoms with Crippen LogP contribution < -0.4 is 10.2 Å². The van der Waals surface area contributed by atoms with Crippen molar-refractivity contribution >= 4 is 5.69 Å². The van der Waals surface area contributed by atoms with E-state index in [0.29, 0.717) is 12.3 Å². The fourth-order valence-electron chi connectivity index (χ4n) is 2.54. The third-order valence-electron chi connectivity index (χ3n) is 3.49. The lowest BCUT2D eigenvalue weighted by molar-refractivity contribution is 0.377. The smallest absolute Gasteiger partial charge is 0.0640 e. The highest BCUT2D eigenvalue weighted by Crippen LogP contribution is 2.18. The number of nitriles is 1. The quantitative estimate of drug-likeness (QED) is 0.863. The Balaban J connectivity index is 1.98. The van der Waals surface area contributed by atoms with Gasteiger partial charge in [-0.05, 0) is 44.0 Å². The Morgan fingerprint density at radius 2 is 2.17 bits per heavy atom. The van der Waals surface area contributed by atoms with Gasteiger partial charge in [0, 0.05) is 18.8 Å². The van der Waals surface area contributed by atoms with Gasteiger partial charge in [-0.1, -0.05) is 18.2 Å². The van der Waals surface area contributed by atoms with Gasteiger partial charge in [-0.15, -0.1) is 0 Å². The van der Waals surface area contributed by atoms with Crippen molar-refractivity contribution in [3.05, 3.63) is 30.3 Å². The Morgan fingerprint density at radius 1 is 1.33 bits per heavy atom. The van der Waals surface area contributed by atoms with E-state index in [1.165, 1.54) is 18.5 Å². The van der Waals surface area contributed by atoms with Crippen molar-refractivity contribution in [1.29, 1.82) is 5.26 Å². The summed E-state index contributed by atoms with van der Waals surface area (Å²) in [6.07, 6.45) is 3.16. The number of para-hydroxylation sites is 1. The van der Waals surface area contributed by atoms with Crippen molar-refractivity contribution in [3.63, 3.8) is 0 Å². The molecule has 1 aliphatic rings. The molecule has 0 aliphatic carbocycles. The molecule has 1 heterocycles. The number of benzene rings is 1. The molecule has 0 aromatic heterocycles. The van der Waals surface area contributed by atoms with E-state index in [4.69, 9.17) is 5.26 Å². The number of nitrogens with zero attached hydrogens (tertiary/aromatic N) is 2. The number of piperidine rings is 1. The van der Waals surface area contributed by atoms with Gasteiger partial charge in [-0.2, -0.15) is 5.26 Å². The molecule has 2 rings (SSSR count). The molecule has 1 aromatic rings. The van der Waals surface area contributed by atoms with Crippen LogP contribution in [0.4, 0.5) is 5.69 Å². The predicted molar refractivity (Wildman–Crippen MR) is 74.5 cm³/mol. The number of hydrogen-bond acceptors (Lipinski definition) is 3. The van der Waals surface area contributed by atoms with Gasteiger partial charge in [0.1, 0.15) is 0 Å². The second kappa shape index (κ2) is 7.03. The molecule has 1 fully saturated rings. The first-order valence-corrected chi connectivity index (χ1v) is 6.78. The molecule has 3 heteroatoms. The van der Waals surface area contributed by atoms with Crippen LogP contribution in [-0.4, -0.2) is 26.2 Å². The first kappa shape index (κ1) is 12.9. The molecule has 0 spiro atoms. The van der Waals surface area contributed by atoms with Crippen molar-refractivity contribution < 1.29 is 0 Å². The number of anilines is 1. The molecular formula is C15H21N3. The van der Waals surface area contributed by atoms with Crippen LogP contribution in [0, 0.1) is 17.2 Å². The summed E-state index contributed by atoms with van der Waals surface area (Å²) in [5.74, 6) is 0.706. The number of nitrogens with one attached hydrogen (secondary N) is 1. The molecule has 1 saturated heterocycles. The van der Waals surface area contributed by atoms with E-state index >= 15 is 0 Å². The van der Waals surface area contributed by atoms with Crippen molar-refractivity contribution in [3.8, 4) is 6.07 Å². The van der Waals surface area contributed by atoms with Gasteiger partial charge in [0.15, 0.2) is 0 Å². The monoisotopic (exact) mass is 243 g/mol. The van der Waals surface area contributed by atoms with E-state index in [2.05, 4.69) is 40.6 Å². The third-order valence-corrected chi connectivity index (χ3v) is 3.49. The fraction of sp³-hybridized carbons (Fsp3) is 0.533. The average Bonchev–Trinajstić information content (AvgIpc) is 2.45. The van der Waals surface area contributed by atoms with Gasteiger partial charge >= 0.3 is 0 Å². The van der Waals surface area contributed by atoms with Crippen LogP contribution in [-0.2, 0) is 0 Å². The van der Waals surface area contributed by atoms with Crippen LogP contribution in [0.1, 0.15) is 19.3 Å². The van der Waals surface area contributed by atoms with Crippen molar-refractivity contribution in [1.82, 2.24) is 5.32 Å². The first-order valence-electron chi connectivity index (χ1n) is 6.78. The lowest BCUT2D eigenvalue weighted by Crippen LogP contribution is -2.38. The zero-order valence-electron chi connectivity index (χ0n) is 10.8. The van der Waals surface area contributed by atoms with Crippen LogP contribution >= 0.6 is 0 Å².